The van der Waals surface area contributed by atoms with Crippen LogP contribution in [0.1, 0.15) is 20.8 Å². The molecule has 0 amide bonds. The third-order valence-electron chi connectivity index (χ3n) is 3.85. The van der Waals surface area contributed by atoms with Gasteiger partial charge in [0.25, 0.3) is 0 Å². The minimum Gasteiger partial charge on any atom is -0.409 e. The fourth-order valence-corrected chi connectivity index (χ4v) is 3.55. The van der Waals surface area contributed by atoms with Crippen molar-refractivity contribution >= 4 is 15.9 Å². The summed E-state index contributed by atoms with van der Waals surface area (Å²) in [5, 5.41) is 11.9. The number of nitrogens with two attached hydrogens (primary N) is 1. The fourth-order valence-electron chi connectivity index (χ4n) is 2.25. The molecule has 0 spiro atoms. The van der Waals surface area contributed by atoms with Crippen LogP contribution in [0.2, 0.25) is 0 Å². The van der Waals surface area contributed by atoms with Crippen molar-refractivity contribution in [2.75, 3.05) is 45.1 Å². The van der Waals surface area contributed by atoms with E-state index in [2.05, 4.69) is 5.16 Å². The van der Waals surface area contributed by atoms with Crippen molar-refractivity contribution in [2.24, 2.45) is 10.9 Å². The number of rotatable bonds is 7. The predicted molar refractivity (Wildman–Crippen MR) is 80.9 cm³/mol. The fraction of sp³-hybridized carbons (Fsp3) is 0.917. The summed E-state index contributed by atoms with van der Waals surface area (Å²) in [7, 11) is -3.28. The highest BCUT2D eigenvalue weighted by Crippen LogP contribution is 2.18. The summed E-state index contributed by atoms with van der Waals surface area (Å²) >= 11 is 0. The first-order valence-electron chi connectivity index (χ1n) is 7.04. The van der Waals surface area contributed by atoms with Crippen LogP contribution >= 0.6 is 0 Å². The van der Waals surface area contributed by atoms with Crippen LogP contribution in [-0.4, -0.2) is 79.4 Å². The molecule has 1 aliphatic rings. The molecule has 124 valence electrons. The third-order valence-corrected chi connectivity index (χ3v) is 5.68. The molecule has 0 aromatic heterocycles. The number of ether oxygens (including phenoxy) is 1. The highest BCUT2D eigenvalue weighted by Gasteiger charge is 2.36. The van der Waals surface area contributed by atoms with Gasteiger partial charge in [-0.2, -0.15) is 4.31 Å². The smallest absolute Gasteiger partial charge is 0.216 e. The summed E-state index contributed by atoms with van der Waals surface area (Å²) in [6.07, 6.45) is 0. The molecule has 1 heterocycles. The molecule has 1 aliphatic heterocycles. The average Bonchev–Trinajstić information content (AvgIpc) is 2.46. The number of oxime groups is 1. The molecular weight excluding hydrogens is 296 g/mol. The first-order valence-corrected chi connectivity index (χ1v) is 8.65. The largest absolute Gasteiger partial charge is 0.409 e. The summed E-state index contributed by atoms with van der Waals surface area (Å²) in [6.45, 7) is 8.14. The van der Waals surface area contributed by atoms with Crippen molar-refractivity contribution in [3.63, 3.8) is 0 Å². The van der Waals surface area contributed by atoms with E-state index in [1.54, 1.807) is 0 Å². The highest BCUT2D eigenvalue weighted by molar-refractivity contribution is 7.89. The molecule has 0 saturated carbocycles. The molecular formula is C12H26N4O4S. The van der Waals surface area contributed by atoms with Gasteiger partial charge in [-0.25, -0.2) is 8.42 Å². The lowest BCUT2D eigenvalue weighted by molar-refractivity contribution is 0.117. The minimum atomic E-state index is -3.28. The van der Waals surface area contributed by atoms with Gasteiger partial charge in [0.1, 0.15) is 0 Å². The van der Waals surface area contributed by atoms with Gasteiger partial charge in [-0.3, -0.25) is 4.90 Å². The second-order valence-corrected chi connectivity index (χ2v) is 7.53. The Kier molecular flexibility index (Phi) is 6.39. The van der Waals surface area contributed by atoms with E-state index in [0.717, 1.165) is 0 Å². The number of sulfonamides is 1. The van der Waals surface area contributed by atoms with Crippen LogP contribution in [0.4, 0.5) is 0 Å². The molecule has 0 radical (unpaired) electrons. The SMILES string of the molecule is CCOCCS(=O)(=O)N1CCN(C(C)(C)C(N)=NO)CC1. The van der Waals surface area contributed by atoms with Crippen LogP contribution in [0.15, 0.2) is 5.16 Å². The Bertz CT molecular complexity index is 456. The quantitative estimate of drug-likeness (QED) is 0.215. The van der Waals surface area contributed by atoms with E-state index in [-0.39, 0.29) is 18.2 Å². The standard InChI is InChI=1S/C12H26N4O4S/c1-4-20-9-10-21(18,19)16-7-5-15(6-8-16)12(2,3)11(13)14-17/h17H,4-10H2,1-3H3,(H2,13,14). The summed E-state index contributed by atoms with van der Waals surface area (Å²) in [5.74, 6) is 0.125. The minimum absolute atomic E-state index is 0.00443. The van der Waals surface area contributed by atoms with Gasteiger partial charge in [-0.15, -0.1) is 0 Å². The predicted octanol–water partition coefficient (Wildman–Crippen LogP) is -0.505. The second-order valence-electron chi connectivity index (χ2n) is 5.44. The van der Waals surface area contributed by atoms with E-state index in [0.29, 0.717) is 32.8 Å². The van der Waals surface area contributed by atoms with Crippen LogP contribution in [0.3, 0.4) is 0 Å². The molecule has 9 heteroatoms. The maximum atomic E-state index is 12.1. The summed E-state index contributed by atoms with van der Waals surface area (Å²) in [5.41, 5.74) is 5.09. The van der Waals surface area contributed by atoms with Crippen LogP contribution in [0.5, 0.6) is 0 Å². The molecule has 8 nitrogen and oxygen atoms in total. The first kappa shape index (κ1) is 18.1. The van der Waals surface area contributed by atoms with Gasteiger partial charge < -0.3 is 15.7 Å². The van der Waals surface area contributed by atoms with Crippen molar-refractivity contribution in [3.8, 4) is 0 Å². The van der Waals surface area contributed by atoms with Crippen molar-refractivity contribution in [1.29, 1.82) is 0 Å². The number of hydrogen-bond donors (Lipinski definition) is 2. The Morgan fingerprint density at radius 3 is 2.38 bits per heavy atom. The highest BCUT2D eigenvalue weighted by atomic mass is 32.2. The van der Waals surface area contributed by atoms with Gasteiger partial charge in [0, 0.05) is 32.8 Å². The number of hydrogen-bond acceptors (Lipinski definition) is 6. The van der Waals surface area contributed by atoms with Crippen molar-refractivity contribution in [3.05, 3.63) is 0 Å². The Balaban J connectivity index is 2.60. The molecule has 3 N–H and O–H groups in total. The molecule has 0 atom stereocenters. The zero-order valence-corrected chi connectivity index (χ0v) is 13.8. The zero-order chi connectivity index (χ0) is 16.1. The van der Waals surface area contributed by atoms with Gasteiger partial charge in [0.15, 0.2) is 5.84 Å². The third kappa shape index (κ3) is 4.53. The number of piperazine rings is 1. The maximum absolute atomic E-state index is 12.1. The van der Waals surface area contributed by atoms with Gasteiger partial charge in [0.2, 0.25) is 10.0 Å². The molecule has 0 bridgehead atoms. The monoisotopic (exact) mass is 322 g/mol. The van der Waals surface area contributed by atoms with Crippen molar-refractivity contribution < 1.29 is 18.4 Å². The van der Waals surface area contributed by atoms with Crippen molar-refractivity contribution in [1.82, 2.24) is 9.21 Å². The molecule has 1 saturated heterocycles. The maximum Gasteiger partial charge on any atom is 0.216 e. The number of nitrogens with zero attached hydrogens (tertiary/aromatic N) is 3. The molecule has 0 unspecified atom stereocenters. The lowest BCUT2D eigenvalue weighted by Crippen LogP contribution is -2.60. The summed E-state index contributed by atoms with van der Waals surface area (Å²) in [6, 6.07) is 0. The van der Waals surface area contributed by atoms with Crippen LogP contribution in [0.25, 0.3) is 0 Å². The molecule has 1 fully saturated rings. The van der Waals surface area contributed by atoms with E-state index in [9.17, 15) is 8.42 Å². The lowest BCUT2D eigenvalue weighted by Gasteiger charge is -2.42. The van der Waals surface area contributed by atoms with Gasteiger partial charge in [-0.05, 0) is 20.8 Å². The Hall–Kier alpha value is -0.900. The second kappa shape index (κ2) is 7.39. The van der Waals surface area contributed by atoms with E-state index in [4.69, 9.17) is 15.7 Å². The van der Waals surface area contributed by atoms with Crippen molar-refractivity contribution in [2.45, 2.75) is 26.3 Å². The van der Waals surface area contributed by atoms with E-state index in [1.165, 1.54) is 4.31 Å². The normalized spacial score (nSPS) is 19.9. The van der Waals surface area contributed by atoms with Gasteiger partial charge >= 0.3 is 0 Å². The Labute approximate surface area is 126 Å². The first-order chi connectivity index (χ1) is 9.75. The number of amidine groups is 1. The summed E-state index contributed by atoms with van der Waals surface area (Å²) in [4.78, 5) is 2.01. The molecule has 0 aromatic carbocycles. The van der Waals surface area contributed by atoms with Crippen LogP contribution in [0, 0.1) is 0 Å². The van der Waals surface area contributed by atoms with Crippen LogP contribution < -0.4 is 5.73 Å². The Morgan fingerprint density at radius 2 is 1.90 bits per heavy atom. The topological polar surface area (TPSA) is 108 Å². The molecule has 0 aromatic rings. The molecule has 21 heavy (non-hydrogen) atoms. The molecule has 0 aliphatic carbocycles. The zero-order valence-electron chi connectivity index (χ0n) is 12.9. The van der Waals surface area contributed by atoms with E-state index < -0.39 is 15.6 Å². The van der Waals surface area contributed by atoms with Gasteiger partial charge in [0.05, 0.1) is 17.9 Å². The summed E-state index contributed by atoms with van der Waals surface area (Å²) < 4.78 is 30.9. The van der Waals surface area contributed by atoms with E-state index in [1.807, 2.05) is 25.7 Å². The Morgan fingerprint density at radius 1 is 1.33 bits per heavy atom. The van der Waals surface area contributed by atoms with Gasteiger partial charge in [-0.1, -0.05) is 5.16 Å². The van der Waals surface area contributed by atoms with Crippen LogP contribution in [-0.2, 0) is 14.8 Å². The molecule has 1 rings (SSSR count). The van der Waals surface area contributed by atoms with E-state index >= 15 is 0 Å². The lowest BCUT2D eigenvalue weighted by atomic mass is 10.0. The average molecular weight is 322 g/mol.